The fourth-order valence-corrected chi connectivity index (χ4v) is 4.10. The Morgan fingerprint density at radius 3 is 2.92 bits per heavy atom. The molecular formula is C24H27N9O3. The molecule has 0 spiro atoms. The Morgan fingerprint density at radius 2 is 2.14 bits per heavy atom. The van der Waals surface area contributed by atoms with Crippen molar-refractivity contribution in [2.24, 2.45) is 0 Å². The minimum Gasteiger partial charge on any atom is -0.383 e. The number of anilines is 3. The van der Waals surface area contributed by atoms with E-state index >= 15 is 0 Å². The number of aromatic amines is 1. The number of nitrogens with zero attached hydrogens (tertiary/aromatic N) is 6. The molecule has 12 heteroatoms. The van der Waals surface area contributed by atoms with E-state index in [0.717, 1.165) is 24.2 Å². The fourth-order valence-electron chi connectivity index (χ4n) is 4.10. The summed E-state index contributed by atoms with van der Waals surface area (Å²) < 4.78 is 10.8. The van der Waals surface area contributed by atoms with E-state index in [1.165, 1.54) is 0 Å². The second-order valence-corrected chi connectivity index (χ2v) is 8.43. The minimum atomic E-state index is -0.315. The standard InChI is InChI=1S/C24H27N9O3/c1-15-12-22(31-30-15)28-21-14-18(23(34)26-9-11-35-2)27-24(29-21)33-10-5-7-19(33)20-13-17(32-36-20)16-6-3-4-8-25-16/h3-4,6,8,12-14,19H,5,7,9-11H2,1-2H3,(H,26,34)(H2,27,28,29,30,31). The molecule has 1 saturated heterocycles. The van der Waals surface area contributed by atoms with Crippen molar-refractivity contribution in [2.45, 2.75) is 25.8 Å². The summed E-state index contributed by atoms with van der Waals surface area (Å²) in [7, 11) is 1.58. The number of hydrogen-bond donors (Lipinski definition) is 3. The monoisotopic (exact) mass is 489 g/mol. The molecule has 36 heavy (non-hydrogen) atoms. The lowest BCUT2D eigenvalue weighted by Gasteiger charge is -2.23. The Labute approximate surface area is 207 Å². The average molecular weight is 490 g/mol. The second kappa shape index (κ2) is 10.5. The van der Waals surface area contributed by atoms with Gasteiger partial charge in [-0.15, -0.1) is 0 Å². The van der Waals surface area contributed by atoms with Crippen LogP contribution in [0.2, 0.25) is 0 Å². The first kappa shape index (κ1) is 23.4. The van der Waals surface area contributed by atoms with Crippen molar-refractivity contribution in [3.63, 3.8) is 0 Å². The molecule has 1 aliphatic heterocycles. The van der Waals surface area contributed by atoms with Crippen LogP contribution < -0.4 is 15.5 Å². The van der Waals surface area contributed by atoms with E-state index in [1.807, 2.05) is 42.2 Å². The number of ether oxygens (including phenoxy) is 1. The molecule has 0 aliphatic carbocycles. The lowest BCUT2D eigenvalue weighted by molar-refractivity contribution is 0.0932. The molecule has 1 fully saturated rings. The summed E-state index contributed by atoms with van der Waals surface area (Å²) in [6.45, 7) is 3.39. The van der Waals surface area contributed by atoms with Crippen LogP contribution in [0.3, 0.4) is 0 Å². The molecule has 0 aromatic carbocycles. The maximum atomic E-state index is 12.8. The van der Waals surface area contributed by atoms with Gasteiger partial charge in [0.1, 0.15) is 17.2 Å². The number of pyridine rings is 1. The third-order valence-electron chi connectivity index (χ3n) is 5.79. The topological polar surface area (TPSA) is 147 Å². The number of aromatic nitrogens is 6. The second-order valence-electron chi connectivity index (χ2n) is 8.43. The maximum absolute atomic E-state index is 12.8. The molecule has 1 amide bonds. The Morgan fingerprint density at radius 1 is 1.22 bits per heavy atom. The average Bonchev–Trinajstić information content (AvgIpc) is 3.65. The molecule has 1 aliphatic rings. The first-order valence-corrected chi connectivity index (χ1v) is 11.7. The Balaban J connectivity index is 1.44. The number of carbonyl (C=O) groups is 1. The van der Waals surface area contributed by atoms with Gasteiger partial charge in [0, 0.05) is 50.3 Å². The molecule has 5 rings (SSSR count). The molecule has 1 atom stereocenters. The van der Waals surface area contributed by atoms with Gasteiger partial charge in [0.25, 0.3) is 5.91 Å². The zero-order valence-electron chi connectivity index (χ0n) is 20.1. The SMILES string of the molecule is COCCNC(=O)c1cc(Nc2cc(C)[nH]n2)nc(N2CCCC2c2cc(-c3ccccn3)no2)n1. The van der Waals surface area contributed by atoms with Crippen LogP contribution in [0.15, 0.2) is 47.1 Å². The summed E-state index contributed by atoms with van der Waals surface area (Å²) in [5.41, 5.74) is 2.55. The zero-order chi connectivity index (χ0) is 24.9. The van der Waals surface area contributed by atoms with Gasteiger partial charge in [-0.3, -0.25) is 14.9 Å². The van der Waals surface area contributed by atoms with Crippen LogP contribution in [0.5, 0.6) is 0 Å². The van der Waals surface area contributed by atoms with E-state index in [4.69, 9.17) is 14.2 Å². The smallest absolute Gasteiger partial charge is 0.270 e. The summed E-state index contributed by atoms with van der Waals surface area (Å²) in [4.78, 5) is 28.5. The molecule has 0 radical (unpaired) electrons. The van der Waals surface area contributed by atoms with Gasteiger partial charge in [-0.2, -0.15) is 10.1 Å². The number of carbonyl (C=O) groups excluding carboxylic acids is 1. The molecule has 1 unspecified atom stereocenters. The summed E-state index contributed by atoms with van der Waals surface area (Å²) >= 11 is 0. The van der Waals surface area contributed by atoms with Crippen molar-refractivity contribution in [3.05, 3.63) is 59.7 Å². The highest BCUT2D eigenvalue weighted by Gasteiger charge is 2.32. The summed E-state index contributed by atoms with van der Waals surface area (Å²) in [6.07, 6.45) is 3.48. The van der Waals surface area contributed by atoms with Gasteiger partial charge in [-0.05, 0) is 31.9 Å². The molecule has 186 valence electrons. The molecule has 12 nitrogen and oxygen atoms in total. The van der Waals surface area contributed by atoms with Crippen LogP contribution in [0.1, 0.15) is 40.8 Å². The van der Waals surface area contributed by atoms with Crippen molar-refractivity contribution in [2.75, 3.05) is 37.0 Å². The van der Waals surface area contributed by atoms with Crippen molar-refractivity contribution in [1.29, 1.82) is 0 Å². The lowest BCUT2D eigenvalue weighted by Crippen LogP contribution is -2.30. The lowest BCUT2D eigenvalue weighted by atomic mass is 10.1. The molecule has 3 N–H and O–H groups in total. The van der Waals surface area contributed by atoms with Gasteiger partial charge in [0.2, 0.25) is 5.95 Å². The largest absolute Gasteiger partial charge is 0.383 e. The maximum Gasteiger partial charge on any atom is 0.270 e. The number of nitrogens with one attached hydrogen (secondary N) is 3. The molecule has 4 aromatic rings. The number of H-pyrrole nitrogens is 1. The molecular weight excluding hydrogens is 462 g/mol. The zero-order valence-corrected chi connectivity index (χ0v) is 20.1. The van der Waals surface area contributed by atoms with Crippen molar-refractivity contribution >= 4 is 23.5 Å². The van der Waals surface area contributed by atoms with Crippen molar-refractivity contribution in [3.8, 4) is 11.4 Å². The predicted molar refractivity (Wildman–Crippen MR) is 132 cm³/mol. The summed E-state index contributed by atoms with van der Waals surface area (Å²) in [6, 6.07) is 10.9. The van der Waals surface area contributed by atoms with E-state index in [1.54, 1.807) is 19.4 Å². The summed E-state index contributed by atoms with van der Waals surface area (Å²) in [5, 5.41) is 17.3. The Bertz CT molecular complexity index is 1320. The normalized spacial score (nSPS) is 15.3. The van der Waals surface area contributed by atoms with Gasteiger partial charge < -0.3 is 24.8 Å². The van der Waals surface area contributed by atoms with Crippen LogP contribution >= 0.6 is 0 Å². The van der Waals surface area contributed by atoms with Gasteiger partial charge >= 0.3 is 0 Å². The quantitative estimate of drug-likeness (QED) is 0.300. The first-order chi connectivity index (χ1) is 17.6. The fraction of sp³-hybridized carbons (Fsp3) is 0.333. The first-order valence-electron chi connectivity index (χ1n) is 11.7. The van der Waals surface area contributed by atoms with Gasteiger partial charge in [-0.25, -0.2) is 4.98 Å². The Hall–Kier alpha value is -4.32. The molecule has 0 saturated carbocycles. The number of methoxy groups -OCH3 is 1. The number of rotatable bonds is 9. The predicted octanol–water partition coefficient (Wildman–Crippen LogP) is 3.02. The van der Waals surface area contributed by atoms with Crippen LogP contribution in [-0.2, 0) is 4.74 Å². The summed E-state index contributed by atoms with van der Waals surface area (Å²) in [5.74, 6) is 1.85. The third kappa shape index (κ3) is 5.18. The highest BCUT2D eigenvalue weighted by Crippen LogP contribution is 2.36. The minimum absolute atomic E-state index is 0.123. The number of hydrogen-bond acceptors (Lipinski definition) is 10. The molecule has 5 heterocycles. The van der Waals surface area contributed by atoms with E-state index in [9.17, 15) is 4.79 Å². The highest BCUT2D eigenvalue weighted by atomic mass is 16.5. The van der Waals surface area contributed by atoms with Crippen LogP contribution in [0, 0.1) is 6.92 Å². The molecule has 0 bridgehead atoms. The molecule has 4 aromatic heterocycles. The van der Waals surface area contributed by atoms with Crippen molar-refractivity contribution < 1.29 is 14.1 Å². The number of amides is 1. The van der Waals surface area contributed by atoms with E-state index < -0.39 is 0 Å². The van der Waals surface area contributed by atoms with Gasteiger partial charge in [-0.1, -0.05) is 11.2 Å². The van der Waals surface area contributed by atoms with E-state index in [-0.39, 0.29) is 17.6 Å². The van der Waals surface area contributed by atoms with Crippen LogP contribution in [0.4, 0.5) is 17.6 Å². The van der Waals surface area contributed by atoms with Gasteiger partial charge in [0.15, 0.2) is 11.6 Å². The van der Waals surface area contributed by atoms with Crippen LogP contribution in [-0.4, -0.2) is 63.0 Å². The highest BCUT2D eigenvalue weighted by molar-refractivity contribution is 5.93. The number of aryl methyl sites for hydroxylation is 1. The van der Waals surface area contributed by atoms with Crippen molar-refractivity contribution in [1.82, 2.24) is 35.6 Å². The van der Waals surface area contributed by atoms with E-state index in [0.29, 0.717) is 48.7 Å². The van der Waals surface area contributed by atoms with Gasteiger partial charge in [0.05, 0.1) is 18.3 Å². The van der Waals surface area contributed by atoms with Crippen LogP contribution in [0.25, 0.3) is 11.4 Å². The third-order valence-corrected chi connectivity index (χ3v) is 5.79. The van der Waals surface area contributed by atoms with E-state index in [2.05, 4.69) is 36.0 Å². The Kier molecular flexibility index (Phi) is 6.85.